The molecule has 3 heterocycles. The molecular formula is C21H17F3N8OS. The monoisotopic (exact) mass is 486 g/mol. The molecule has 5 rings (SSSR count). The summed E-state index contributed by atoms with van der Waals surface area (Å²) >= 11 is 1.31. The van der Waals surface area contributed by atoms with Gasteiger partial charge in [-0.3, -0.25) is 13.8 Å². The van der Waals surface area contributed by atoms with Crippen LogP contribution in [0.1, 0.15) is 24.7 Å². The lowest BCUT2D eigenvalue weighted by atomic mass is 10.2. The van der Waals surface area contributed by atoms with Crippen molar-refractivity contribution < 1.29 is 13.2 Å². The van der Waals surface area contributed by atoms with Crippen molar-refractivity contribution in [3.05, 3.63) is 70.3 Å². The molecule has 0 saturated heterocycles. The number of halogens is 3. The predicted molar refractivity (Wildman–Crippen MR) is 119 cm³/mol. The third-order valence-corrected chi connectivity index (χ3v) is 6.15. The highest BCUT2D eigenvalue weighted by atomic mass is 32.2. The molecule has 13 heteroatoms. The van der Waals surface area contributed by atoms with Gasteiger partial charge in [0.2, 0.25) is 5.78 Å². The molecule has 0 aliphatic heterocycles. The summed E-state index contributed by atoms with van der Waals surface area (Å²) in [5.74, 6) is 1.14. The van der Waals surface area contributed by atoms with Gasteiger partial charge < -0.3 is 0 Å². The van der Waals surface area contributed by atoms with Gasteiger partial charge in [-0.25, -0.2) is 0 Å². The van der Waals surface area contributed by atoms with Crippen molar-refractivity contribution in [1.29, 1.82) is 0 Å². The summed E-state index contributed by atoms with van der Waals surface area (Å²) in [5, 5.41) is 21.2. The summed E-state index contributed by atoms with van der Waals surface area (Å²) in [6.45, 7) is 2.48. The maximum absolute atomic E-state index is 12.9. The Morgan fingerprint density at radius 3 is 2.50 bits per heavy atom. The Hall–Kier alpha value is -3.74. The summed E-state index contributed by atoms with van der Waals surface area (Å²) in [6, 6.07) is 11.8. The van der Waals surface area contributed by atoms with E-state index in [0.717, 1.165) is 18.6 Å². The molecule has 9 nitrogen and oxygen atoms in total. The van der Waals surface area contributed by atoms with Crippen molar-refractivity contribution in [3.63, 3.8) is 0 Å². The summed E-state index contributed by atoms with van der Waals surface area (Å²) in [7, 11) is 0. The van der Waals surface area contributed by atoms with E-state index in [9.17, 15) is 18.0 Å². The van der Waals surface area contributed by atoms with Crippen molar-refractivity contribution in [2.24, 2.45) is 0 Å². The van der Waals surface area contributed by atoms with Crippen LogP contribution in [-0.2, 0) is 18.5 Å². The zero-order chi connectivity index (χ0) is 23.9. The van der Waals surface area contributed by atoms with Gasteiger partial charge in [0.1, 0.15) is 0 Å². The highest BCUT2D eigenvalue weighted by Gasteiger charge is 2.30. The fraction of sp³-hybridized carbons (Fsp3) is 0.238. The molecule has 3 aromatic heterocycles. The number of alkyl halides is 3. The van der Waals surface area contributed by atoms with Crippen molar-refractivity contribution in [2.45, 2.75) is 37.0 Å². The highest BCUT2D eigenvalue weighted by Crippen LogP contribution is 2.30. The van der Waals surface area contributed by atoms with E-state index in [0.29, 0.717) is 39.9 Å². The van der Waals surface area contributed by atoms with Crippen LogP contribution in [-0.4, -0.2) is 39.4 Å². The molecule has 0 unspecified atom stereocenters. The fourth-order valence-electron chi connectivity index (χ4n) is 3.67. The molecule has 0 bridgehead atoms. The van der Waals surface area contributed by atoms with Crippen LogP contribution in [0.2, 0.25) is 0 Å². The molecule has 5 aromatic rings. The van der Waals surface area contributed by atoms with E-state index in [4.69, 9.17) is 0 Å². The molecule has 174 valence electrons. The van der Waals surface area contributed by atoms with Crippen LogP contribution in [0.3, 0.4) is 0 Å². The molecule has 34 heavy (non-hydrogen) atoms. The number of tetrazole rings is 1. The topological polar surface area (TPSA) is 95.8 Å². The number of para-hydroxylation sites is 1. The van der Waals surface area contributed by atoms with Crippen LogP contribution in [0.15, 0.2) is 58.5 Å². The maximum Gasteiger partial charge on any atom is 0.416 e. The third-order valence-electron chi connectivity index (χ3n) is 5.23. The van der Waals surface area contributed by atoms with Crippen molar-refractivity contribution >= 4 is 28.4 Å². The zero-order valence-corrected chi connectivity index (χ0v) is 18.6. The zero-order valence-electron chi connectivity index (χ0n) is 17.8. The van der Waals surface area contributed by atoms with E-state index in [1.807, 2.05) is 23.5 Å². The number of thioether (sulfide) groups is 1. The molecule has 0 N–H and O–H groups in total. The summed E-state index contributed by atoms with van der Waals surface area (Å²) < 4.78 is 43.4. The van der Waals surface area contributed by atoms with Crippen LogP contribution in [0.25, 0.3) is 22.4 Å². The van der Waals surface area contributed by atoms with E-state index in [1.54, 1.807) is 16.7 Å². The Morgan fingerprint density at radius 2 is 1.76 bits per heavy atom. The van der Waals surface area contributed by atoms with Gasteiger partial charge >= 0.3 is 6.18 Å². The average Bonchev–Trinajstić information content (AvgIpc) is 3.47. The van der Waals surface area contributed by atoms with Crippen molar-refractivity contribution in [2.75, 3.05) is 0 Å². The fourth-order valence-corrected chi connectivity index (χ4v) is 4.52. The number of nitrogens with zero attached hydrogens (tertiary/aromatic N) is 8. The average molecular weight is 486 g/mol. The van der Waals surface area contributed by atoms with Crippen LogP contribution in [0.5, 0.6) is 0 Å². The van der Waals surface area contributed by atoms with Gasteiger partial charge in [-0.2, -0.15) is 17.9 Å². The minimum Gasteiger partial charge on any atom is -0.276 e. The molecule has 0 fully saturated rings. The number of benzene rings is 2. The minimum absolute atomic E-state index is 0.125. The Labute approximate surface area is 194 Å². The SMILES string of the molecule is CCCn1c(=O)c2ccccc2n2c(SCc3nnnn3-c3ccc(C(F)(F)F)cc3)nnc12. The summed E-state index contributed by atoms with van der Waals surface area (Å²) in [4.78, 5) is 12.9. The third kappa shape index (κ3) is 3.81. The first-order valence-electron chi connectivity index (χ1n) is 10.3. The smallest absolute Gasteiger partial charge is 0.276 e. The first-order valence-corrected chi connectivity index (χ1v) is 11.3. The summed E-state index contributed by atoms with van der Waals surface area (Å²) in [6.07, 6.45) is -3.67. The second-order valence-corrected chi connectivity index (χ2v) is 8.37. The first kappa shape index (κ1) is 22.1. The van der Waals surface area contributed by atoms with Crippen LogP contribution < -0.4 is 5.56 Å². The number of rotatable bonds is 6. The van der Waals surface area contributed by atoms with E-state index < -0.39 is 11.7 Å². The van der Waals surface area contributed by atoms with Gasteiger partial charge in [0.25, 0.3) is 5.56 Å². The second-order valence-electron chi connectivity index (χ2n) is 7.43. The van der Waals surface area contributed by atoms with E-state index in [-0.39, 0.29) is 11.3 Å². The van der Waals surface area contributed by atoms with E-state index in [2.05, 4.69) is 25.7 Å². The predicted octanol–water partition coefficient (Wildman–Crippen LogP) is 3.74. The molecule has 0 aliphatic carbocycles. The van der Waals surface area contributed by atoms with Gasteiger partial charge in [0.15, 0.2) is 11.0 Å². The quantitative estimate of drug-likeness (QED) is 0.338. The normalized spacial score (nSPS) is 12.1. The maximum atomic E-state index is 12.9. The number of aryl methyl sites for hydroxylation is 1. The molecule has 2 aromatic carbocycles. The molecule has 0 amide bonds. The lowest BCUT2D eigenvalue weighted by molar-refractivity contribution is -0.137. The van der Waals surface area contributed by atoms with Gasteiger partial charge in [0.05, 0.1) is 27.9 Å². The minimum atomic E-state index is -4.42. The van der Waals surface area contributed by atoms with E-state index >= 15 is 0 Å². The lowest BCUT2D eigenvalue weighted by Gasteiger charge is -2.10. The molecule has 0 radical (unpaired) electrons. The van der Waals surface area contributed by atoms with Crippen molar-refractivity contribution in [1.82, 2.24) is 39.4 Å². The lowest BCUT2D eigenvalue weighted by Crippen LogP contribution is -2.23. The van der Waals surface area contributed by atoms with Gasteiger partial charge in [-0.15, -0.1) is 15.3 Å². The van der Waals surface area contributed by atoms with Gasteiger partial charge in [-0.05, 0) is 53.2 Å². The first-order chi connectivity index (χ1) is 16.4. The number of aromatic nitrogens is 8. The van der Waals surface area contributed by atoms with Crippen LogP contribution >= 0.6 is 11.8 Å². The van der Waals surface area contributed by atoms with Crippen LogP contribution in [0.4, 0.5) is 13.2 Å². The number of hydrogen-bond donors (Lipinski definition) is 0. The summed E-state index contributed by atoms with van der Waals surface area (Å²) in [5.41, 5.74) is 0.215. The Balaban J connectivity index is 1.50. The number of hydrogen-bond acceptors (Lipinski definition) is 7. The second kappa shape index (κ2) is 8.56. The number of fused-ring (bicyclic) bond motifs is 3. The molecule has 0 atom stereocenters. The largest absolute Gasteiger partial charge is 0.416 e. The van der Waals surface area contributed by atoms with Gasteiger partial charge in [-0.1, -0.05) is 30.8 Å². The van der Waals surface area contributed by atoms with Crippen molar-refractivity contribution in [3.8, 4) is 5.69 Å². The Bertz CT molecular complexity index is 1540. The standard InChI is InChI=1S/C21H17F3N8OS/c1-2-11-30-18(33)15-5-3-4-6-16(15)31-19(30)26-27-20(31)34-12-17-25-28-29-32(17)14-9-7-13(8-10-14)21(22,23)24/h3-10H,2,11-12H2,1H3. The van der Waals surface area contributed by atoms with Gasteiger partial charge in [0, 0.05) is 6.54 Å². The molecule has 0 aliphatic rings. The molecular weight excluding hydrogens is 469 g/mol. The molecule has 0 spiro atoms. The Morgan fingerprint density at radius 1 is 1.00 bits per heavy atom. The Kier molecular flexibility index (Phi) is 5.55. The van der Waals surface area contributed by atoms with E-state index in [1.165, 1.54) is 28.6 Å². The highest BCUT2D eigenvalue weighted by molar-refractivity contribution is 7.98. The molecule has 0 saturated carbocycles. The van der Waals surface area contributed by atoms with Crippen LogP contribution in [0, 0.1) is 0 Å².